The van der Waals surface area contributed by atoms with Crippen molar-refractivity contribution in [3.63, 3.8) is 0 Å². The molecule has 0 spiro atoms. The van der Waals surface area contributed by atoms with E-state index >= 15 is 0 Å². The number of hydrogen-bond acceptors (Lipinski definition) is 3. The highest BCUT2D eigenvalue weighted by Crippen LogP contribution is 2.29. The summed E-state index contributed by atoms with van der Waals surface area (Å²) < 4.78 is 5.68. The van der Waals surface area contributed by atoms with E-state index in [-0.39, 0.29) is 12.3 Å². The Bertz CT molecular complexity index is 682. The van der Waals surface area contributed by atoms with Crippen LogP contribution in [0.15, 0.2) is 54.6 Å². The third-order valence-corrected chi connectivity index (χ3v) is 3.59. The van der Waals surface area contributed by atoms with Crippen LogP contribution in [0.3, 0.4) is 0 Å². The Labute approximate surface area is 127 Å². The molecule has 112 valence electrons. The number of carbonyl (C=O) groups excluding carboxylic acids is 1. The lowest BCUT2D eigenvalue weighted by Crippen LogP contribution is -2.38. The summed E-state index contributed by atoms with van der Waals surface area (Å²) >= 11 is 0. The molecule has 22 heavy (non-hydrogen) atoms. The van der Waals surface area contributed by atoms with Gasteiger partial charge >= 0.3 is 5.97 Å². The van der Waals surface area contributed by atoms with Crippen molar-refractivity contribution in [1.82, 2.24) is 0 Å². The monoisotopic (exact) mass is 297 g/mol. The first-order valence-electron chi connectivity index (χ1n) is 7.03. The highest BCUT2D eigenvalue weighted by atomic mass is 16.5. The predicted octanol–water partition coefficient (Wildman–Crippen LogP) is 3.06. The Hall–Kier alpha value is -2.82. The second-order valence-electron chi connectivity index (χ2n) is 5.07. The number of ether oxygens (including phenoxy) is 1. The largest absolute Gasteiger partial charge is 0.480 e. The highest BCUT2D eigenvalue weighted by molar-refractivity contribution is 6.02. The topological polar surface area (TPSA) is 66.8 Å². The Balaban J connectivity index is 1.79. The van der Waals surface area contributed by atoms with Crippen molar-refractivity contribution in [3.05, 3.63) is 54.6 Å². The van der Waals surface area contributed by atoms with Gasteiger partial charge in [0.25, 0.3) is 0 Å². The summed E-state index contributed by atoms with van der Waals surface area (Å²) in [5.74, 6) is 0.212. The van der Waals surface area contributed by atoms with Crippen LogP contribution in [0.5, 0.6) is 11.5 Å². The average Bonchev–Trinajstić information content (AvgIpc) is 2.91. The number of carboxylic acid groups (broad SMARTS) is 1. The standard InChI is InChI=1S/C17H15NO4/c19-16-11-10-15(17(20)21)18(16)12-6-8-14(9-7-12)22-13-4-2-1-3-5-13/h1-9,15H,10-11H2,(H,20,21). The average molecular weight is 297 g/mol. The molecule has 2 aromatic carbocycles. The van der Waals surface area contributed by atoms with Crippen molar-refractivity contribution in [2.75, 3.05) is 4.90 Å². The van der Waals surface area contributed by atoms with Gasteiger partial charge in [0.15, 0.2) is 0 Å². The molecule has 1 aliphatic heterocycles. The maximum atomic E-state index is 11.9. The number of hydrogen-bond donors (Lipinski definition) is 1. The molecule has 2 aromatic rings. The number of anilines is 1. The number of carboxylic acids is 1. The number of nitrogens with zero attached hydrogens (tertiary/aromatic N) is 1. The fourth-order valence-corrected chi connectivity index (χ4v) is 2.54. The second-order valence-corrected chi connectivity index (χ2v) is 5.07. The van der Waals surface area contributed by atoms with Crippen LogP contribution in [0.25, 0.3) is 0 Å². The van der Waals surface area contributed by atoms with E-state index in [1.807, 2.05) is 30.3 Å². The third-order valence-electron chi connectivity index (χ3n) is 3.59. The van der Waals surface area contributed by atoms with E-state index < -0.39 is 12.0 Å². The third kappa shape index (κ3) is 2.79. The highest BCUT2D eigenvalue weighted by Gasteiger charge is 2.36. The van der Waals surface area contributed by atoms with Crippen LogP contribution in [-0.2, 0) is 9.59 Å². The Morgan fingerprint density at radius 2 is 1.68 bits per heavy atom. The molecule has 3 rings (SSSR count). The molecular formula is C17H15NO4. The van der Waals surface area contributed by atoms with Crippen LogP contribution in [0.2, 0.25) is 0 Å². The first-order valence-corrected chi connectivity index (χ1v) is 7.03. The predicted molar refractivity (Wildman–Crippen MR) is 81.1 cm³/mol. The lowest BCUT2D eigenvalue weighted by molar-refractivity contribution is -0.138. The molecule has 5 nitrogen and oxygen atoms in total. The lowest BCUT2D eigenvalue weighted by atomic mass is 10.2. The molecule has 0 saturated carbocycles. The van der Waals surface area contributed by atoms with E-state index in [4.69, 9.17) is 4.74 Å². The van der Waals surface area contributed by atoms with Gasteiger partial charge in [0.2, 0.25) is 5.91 Å². The molecule has 1 heterocycles. The zero-order valence-corrected chi connectivity index (χ0v) is 11.8. The van der Waals surface area contributed by atoms with Crippen molar-refractivity contribution in [2.24, 2.45) is 0 Å². The maximum absolute atomic E-state index is 11.9. The van der Waals surface area contributed by atoms with Crippen molar-refractivity contribution in [3.8, 4) is 11.5 Å². The van der Waals surface area contributed by atoms with Crippen LogP contribution >= 0.6 is 0 Å². The minimum absolute atomic E-state index is 0.163. The van der Waals surface area contributed by atoms with Crippen molar-refractivity contribution >= 4 is 17.6 Å². The summed E-state index contributed by atoms with van der Waals surface area (Å²) in [6.07, 6.45) is 0.607. The van der Waals surface area contributed by atoms with Crippen LogP contribution in [0.4, 0.5) is 5.69 Å². The van der Waals surface area contributed by atoms with Crippen LogP contribution in [0, 0.1) is 0 Å². The van der Waals surface area contributed by atoms with Gasteiger partial charge in [0, 0.05) is 12.1 Å². The zero-order valence-electron chi connectivity index (χ0n) is 11.8. The Morgan fingerprint density at radius 3 is 2.32 bits per heavy atom. The van der Waals surface area contributed by atoms with Gasteiger partial charge in [-0.25, -0.2) is 4.79 Å². The molecule has 1 amide bonds. The van der Waals surface area contributed by atoms with E-state index in [0.29, 0.717) is 17.9 Å². The molecule has 0 radical (unpaired) electrons. The molecule has 1 atom stereocenters. The van der Waals surface area contributed by atoms with Crippen LogP contribution < -0.4 is 9.64 Å². The molecule has 0 aromatic heterocycles. The van der Waals surface area contributed by atoms with Gasteiger partial charge in [-0.3, -0.25) is 9.69 Å². The molecule has 5 heteroatoms. The minimum atomic E-state index is -0.976. The van der Waals surface area contributed by atoms with Crippen LogP contribution in [-0.4, -0.2) is 23.0 Å². The van der Waals surface area contributed by atoms with E-state index in [1.165, 1.54) is 4.90 Å². The van der Waals surface area contributed by atoms with Crippen molar-refractivity contribution in [2.45, 2.75) is 18.9 Å². The van der Waals surface area contributed by atoms with Gasteiger partial charge < -0.3 is 9.84 Å². The van der Waals surface area contributed by atoms with E-state index in [1.54, 1.807) is 24.3 Å². The first kappa shape index (κ1) is 14.1. The summed E-state index contributed by atoms with van der Waals surface area (Å²) in [6, 6.07) is 15.4. The van der Waals surface area contributed by atoms with Gasteiger partial charge in [-0.05, 0) is 42.8 Å². The van der Waals surface area contributed by atoms with Gasteiger partial charge in [-0.1, -0.05) is 18.2 Å². The Morgan fingerprint density at radius 1 is 1.05 bits per heavy atom. The van der Waals surface area contributed by atoms with Gasteiger partial charge in [-0.15, -0.1) is 0 Å². The van der Waals surface area contributed by atoms with Crippen LogP contribution in [0.1, 0.15) is 12.8 Å². The van der Waals surface area contributed by atoms with E-state index in [0.717, 1.165) is 5.75 Å². The fourth-order valence-electron chi connectivity index (χ4n) is 2.54. The summed E-state index contributed by atoms with van der Waals surface area (Å²) in [4.78, 5) is 24.5. The summed E-state index contributed by atoms with van der Waals surface area (Å²) in [7, 11) is 0. The maximum Gasteiger partial charge on any atom is 0.326 e. The summed E-state index contributed by atoms with van der Waals surface area (Å²) in [5.41, 5.74) is 0.579. The van der Waals surface area contributed by atoms with Crippen molar-refractivity contribution in [1.29, 1.82) is 0 Å². The smallest absolute Gasteiger partial charge is 0.326 e. The van der Waals surface area contributed by atoms with Gasteiger partial charge in [0.05, 0.1) is 0 Å². The van der Waals surface area contributed by atoms with Crippen molar-refractivity contribution < 1.29 is 19.4 Å². The molecule has 1 fully saturated rings. The fraction of sp³-hybridized carbons (Fsp3) is 0.176. The summed E-state index contributed by atoms with van der Waals surface area (Å²) in [5, 5.41) is 9.19. The minimum Gasteiger partial charge on any atom is -0.480 e. The Kier molecular flexibility index (Phi) is 3.78. The molecule has 1 N–H and O–H groups in total. The quantitative estimate of drug-likeness (QED) is 0.941. The second kappa shape index (κ2) is 5.89. The van der Waals surface area contributed by atoms with E-state index in [2.05, 4.69) is 0 Å². The number of para-hydroxylation sites is 1. The van der Waals surface area contributed by atoms with Gasteiger partial charge in [-0.2, -0.15) is 0 Å². The molecule has 1 aliphatic rings. The molecule has 1 unspecified atom stereocenters. The number of carbonyl (C=O) groups is 2. The number of aliphatic carboxylic acids is 1. The number of amides is 1. The van der Waals surface area contributed by atoms with Gasteiger partial charge in [0.1, 0.15) is 17.5 Å². The molecule has 0 bridgehead atoms. The summed E-state index contributed by atoms with van der Waals surface area (Å²) in [6.45, 7) is 0. The number of rotatable bonds is 4. The number of benzene rings is 2. The van der Waals surface area contributed by atoms with E-state index in [9.17, 15) is 14.7 Å². The lowest BCUT2D eigenvalue weighted by Gasteiger charge is -2.21. The molecule has 1 saturated heterocycles. The zero-order chi connectivity index (χ0) is 15.5. The first-order chi connectivity index (χ1) is 10.6. The normalized spacial score (nSPS) is 17.5. The SMILES string of the molecule is O=C(O)C1CCC(=O)N1c1ccc(Oc2ccccc2)cc1. The molecular weight excluding hydrogens is 282 g/mol. The molecule has 0 aliphatic carbocycles.